The van der Waals surface area contributed by atoms with Crippen molar-refractivity contribution in [1.29, 1.82) is 0 Å². The molecule has 3 heterocycles. The third-order valence-corrected chi connectivity index (χ3v) is 3.59. The monoisotopic (exact) mass is 247 g/mol. The first kappa shape index (κ1) is 11.5. The first-order valence-electron chi connectivity index (χ1n) is 6.35. The maximum atomic E-state index is 11.2. The number of alkyl carbamates (subject to hydrolysis) is 1. The van der Waals surface area contributed by atoms with Gasteiger partial charge < -0.3 is 10.1 Å². The minimum atomic E-state index is -0.315. The van der Waals surface area contributed by atoms with Gasteiger partial charge in [-0.05, 0) is 31.5 Å². The zero-order chi connectivity index (χ0) is 12.4. The molecule has 3 rings (SSSR count). The summed E-state index contributed by atoms with van der Waals surface area (Å²) in [6.45, 7) is 3.28. The average molecular weight is 247 g/mol. The topological polar surface area (TPSA) is 54.5 Å². The van der Waals surface area contributed by atoms with E-state index in [4.69, 9.17) is 4.74 Å². The summed E-state index contributed by atoms with van der Waals surface area (Å²) < 4.78 is 5.45. The molecular weight excluding hydrogens is 230 g/mol. The van der Waals surface area contributed by atoms with Crippen LogP contribution in [-0.4, -0.2) is 41.2 Å². The fourth-order valence-electron chi connectivity index (χ4n) is 2.78. The number of ether oxygens (including phenoxy) is 1. The fourth-order valence-corrected chi connectivity index (χ4v) is 2.78. The van der Waals surface area contributed by atoms with Gasteiger partial charge in [0.25, 0.3) is 0 Å². The van der Waals surface area contributed by atoms with Crippen LogP contribution in [0.3, 0.4) is 0 Å². The standard InChI is InChI=1S/C13H17N3O2/c17-12-15-9-13(18-12)5-3-7-16(10-13)8-11-4-1-2-6-14-11/h1-2,4,6H,3,5,7-10H2,(H,15,17). The van der Waals surface area contributed by atoms with Gasteiger partial charge in [-0.15, -0.1) is 0 Å². The van der Waals surface area contributed by atoms with Crippen molar-refractivity contribution >= 4 is 6.09 Å². The highest BCUT2D eigenvalue weighted by Gasteiger charge is 2.43. The number of carbonyl (C=O) groups excluding carboxylic acids is 1. The molecule has 5 heteroatoms. The average Bonchev–Trinajstić information content (AvgIpc) is 2.72. The summed E-state index contributed by atoms with van der Waals surface area (Å²) in [5.41, 5.74) is 0.747. The van der Waals surface area contributed by atoms with Crippen LogP contribution < -0.4 is 5.32 Å². The van der Waals surface area contributed by atoms with Gasteiger partial charge in [0.1, 0.15) is 5.60 Å². The van der Waals surface area contributed by atoms with E-state index in [-0.39, 0.29) is 11.7 Å². The molecule has 1 aromatic rings. The van der Waals surface area contributed by atoms with Gasteiger partial charge in [0.15, 0.2) is 0 Å². The molecule has 2 saturated heterocycles. The van der Waals surface area contributed by atoms with Gasteiger partial charge in [-0.2, -0.15) is 0 Å². The quantitative estimate of drug-likeness (QED) is 0.852. The lowest BCUT2D eigenvalue weighted by Crippen LogP contribution is -2.50. The molecule has 2 aliphatic rings. The molecule has 1 unspecified atom stereocenters. The normalized spacial score (nSPS) is 28.1. The second-order valence-electron chi connectivity index (χ2n) is 5.06. The van der Waals surface area contributed by atoms with Crippen molar-refractivity contribution in [1.82, 2.24) is 15.2 Å². The molecule has 1 N–H and O–H groups in total. The lowest BCUT2D eigenvalue weighted by Gasteiger charge is -2.37. The predicted molar refractivity (Wildman–Crippen MR) is 66.0 cm³/mol. The number of rotatable bonds is 2. The van der Waals surface area contributed by atoms with Crippen molar-refractivity contribution < 1.29 is 9.53 Å². The van der Waals surface area contributed by atoms with E-state index in [1.165, 1.54) is 0 Å². The smallest absolute Gasteiger partial charge is 0.407 e. The number of hydrogen-bond acceptors (Lipinski definition) is 4. The van der Waals surface area contributed by atoms with Crippen molar-refractivity contribution in [3.8, 4) is 0 Å². The van der Waals surface area contributed by atoms with E-state index in [2.05, 4.69) is 15.2 Å². The number of piperidine rings is 1. The molecule has 0 aromatic carbocycles. The number of pyridine rings is 1. The Labute approximate surface area is 106 Å². The highest BCUT2D eigenvalue weighted by molar-refractivity contribution is 5.70. The Morgan fingerprint density at radius 2 is 2.44 bits per heavy atom. The van der Waals surface area contributed by atoms with E-state index < -0.39 is 0 Å². The summed E-state index contributed by atoms with van der Waals surface area (Å²) in [6, 6.07) is 5.95. The zero-order valence-electron chi connectivity index (χ0n) is 10.3. The highest BCUT2D eigenvalue weighted by atomic mass is 16.6. The molecule has 0 radical (unpaired) electrons. The van der Waals surface area contributed by atoms with E-state index in [0.29, 0.717) is 6.54 Å². The van der Waals surface area contributed by atoms with E-state index >= 15 is 0 Å². The van der Waals surface area contributed by atoms with Crippen molar-refractivity contribution in [3.63, 3.8) is 0 Å². The molecule has 1 spiro atoms. The highest BCUT2D eigenvalue weighted by Crippen LogP contribution is 2.28. The van der Waals surface area contributed by atoms with Crippen LogP contribution >= 0.6 is 0 Å². The molecule has 1 atom stereocenters. The number of carbonyl (C=O) groups is 1. The summed E-state index contributed by atoms with van der Waals surface area (Å²) in [7, 11) is 0. The van der Waals surface area contributed by atoms with Gasteiger partial charge >= 0.3 is 6.09 Å². The first-order chi connectivity index (χ1) is 8.76. The minimum absolute atomic E-state index is 0.283. The predicted octanol–water partition coefficient (Wildman–Crippen LogP) is 1.16. The Balaban J connectivity index is 1.66. The Bertz CT molecular complexity index is 437. The molecule has 0 bridgehead atoms. The molecule has 96 valence electrons. The van der Waals surface area contributed by atoms with Crippen molar-refractivity contribution in [2.75, 3.05) is 19.6 Å². The van der Waals surface area contributed by atoms with Crippen LogP contribution in [0.2, 0.25) is 0 Å². The van der Waals surface area contributed by atoms with Crippen LogP contribution in [0.1, 0.15) is 18.5 Å². The first-order valence-corrected chi connectivity index (χ1v) is 6.35. The van der Waals surface area contributed by atoms with Crippen LogP contribution in [0.5, 0.6) is 0 Å². The second-order valence-corrected chi connectivity index (χ2v) is 5.06. The Hall–Kier alpha value is -1.62. The second kappa shape index (κ2) is 4.57. The van der Waals surface area contributed by atoms with Gasteiger partial charge in [-0.3, -0.25) is 9.88 Å². The van der Waals surface area contributed by atoms with E-state index in [1.807, 2.05) is 24.4 Å². The molecule has 1 aromatic heterocycles. The van der Waals surface area contributed by atoms with Crippen molar-refractivity contribution in [3.05, 3.63) is 30.1 Å². The van der Waals surface area contributed by atoms with Gasteiger partial charge in [0, 0.05) is 19.3 Å². The van der Waals surface area contributed by atoms with E-state index in [0.717, 1.165) is 38.2 Å². The number of likely N-dealkylation sites (tertiary alicyclic amines) is 1. The van der Waals surface area contributed by atoms with Crippen LogP contribution in [0.4, 0.5) is 4.79 Å². The number of aromatic nitrogens is 1. The molecule has 0 saturated carbocycles. The third-order valence-electron chi connectivity index (χ3n) is 3.59. The minimum Gasteiger partial charge on any atom is -0.440 e. The fraction of sp³-hybridized carbons (Fsp3) is 0.538. The molecule has 5 nitrogen and oxygen atoms in total. The van der Waals surface area contributed by atoms with E-state index in [9.17, 15) is 4.79 Å². The van der Waals surface area contributed by atoms with Gasteiger partial charge in [-0.1, -0.05) is 6.07 Å². The van der Waals surface area contributed by atoms with Crippen LogP contribution in [-0.2, 0) is 11.3 Å². The molecular formula is C13H17N3O2. The summed E-state index contributed by atoms with van der Waals surface area (Å²) in [6.07, 6.45) is 3.54. The Morgan fingerprint density at radius 1 is 1.50 bits per heavy atom. The lowest BCUT2D eigenvalue weighted by molar-refractivity contribution is -0.0114. The lowest BCUT2D eigenvalue weighted by atomic mass is 9.93. The van der Waals surface area contributed by atoms with Crippen LogP contribution in [0.25, 0.3) is 0 Å². The maximum absolute atomic E-state index is 11.2. The van der Waals surface area contributed by atoms with Crippen LogP contribution in [0.15, 0.2) is 24.4 Å². The molecule has 0 aliphatic carbocycles. The largest absolute Gasteiger partial charge is 0.440 e. The number of amides is 1. The number of nitrogens with one attached hydrogen (secondary N) is 1. The summed E-state index contributed by atoms with van der Waals surface area (Å²) >= 11 is 0. The summed E-state index contributed by atoms with van der Waals surface area (Å²) in [5.74, 6) is 0. The SMILES string of the molecule is O=C1NCC2(CCCN(Cc3ccccn3)C2)O1. The van der Waals surface area contributed by atoms with Crippen molar-refractivity contribution in [2.24, 2.45) is 0 Å². The molecule has 2 fully saturated rings. The van der Waals surface area contributed by atoms with Crippen molar-refractivity contribution in [2.45, 2.75) is 25.0 Å². The summed E-state index contributed by atoms with van der Waals surface area (Å²) in [4.78, 5) is 17.9. The Morgan fingerprint density at radius 3 is 3.17 bits per heavy atom. The maximum Gasteiger partial charge on any atom is 0.407 e. The zero-order valence-corrected chi connectivity index (χ0v) is 10.3. The molecule has 2 aliphatic heterocycles. The van der Waals surface area contributed by atoms with Crippen LogP contribution in [0, 0.1) is 0 Å². The van der Waals surface area contributed by atoms with E-state index in [1.54, 1.807) is 0 Å². The number of hydrogen-bond donors (Lipinski definition) is 1. The third kappa shape index (κ3) is 2.31. The molecule has 18 heavy (non-hydrogen) atoms. The van der Waals surface area contributed by atoms with Gasteiger partial charge in [-0.25, -0.2) is 4.79 Å². The Kier molecular flexibility index (Phi) is 2.91. The summed E-state index contributed by atoms with van der Waals surface area (Å²) in [5, 5.41) is 2.76. The molecule has 1 amide bonds. The van der Waals surface area contributed by atoms with Gasteiger partial charge in [0.2, 0.25) is 0 Å². The number of nitrogens with zero attached hydrogens (tertiary/aromatic N) is 2. The van der Waals surface area contributed by atoms with Gasteiger partial charge in [0.05, 0.1) is 12.2 Å².